The van der Waals surface area contributed by atoms with Gasteiger partial charge in [0.1, 0.15) is 0 Å². The lowest BCUT2D eigenvalue weighted by Crippen LogP contribution is -1.80. The molecule has 0 unspecified atom stereocenters. The Morgan fingerprint density at radius 1 is 1.33 bits per heavy atom. The predicted octanol–water partition coefficient (Wildman–Crippen LogP) is 3.08. The van der Waals surface area contributed by atoms with E-state index < -0.39 is 0 Å². The van der Waals surface area contributed by atoms with Crippen LogP contribution in [0.1, 0.15) is 17.9 Å². The topological polar surface area (TPSA) is 23.8 Å². The van der Waals surface area contributed by atoms with Crippen molar-refractivity contribution in [1.82, 2.24) is 0 Å². The first-order chi connectivity index (χ1) is 5.81. The fourth-order valence-corrected chi connectivity index (χ4v) is 1.68. The molecule has 1 fully saturated rings. The third kappa shape index (κ3) is 1.37. The van der Waals surface area contributed by atoms with Crippen LogP contribution in [-0.2, 0) is 0 Å². The minimum absolute atomic E-state index is 0.270. The zero-order valence-corrected chi connectivity index (χ0v) is 8.08. The number of rotatable bonds is 1. The Hall–Kier alpha value is -0.810. The summed E-state index contributed by atoms with van der Waals surface area (Å²) in [6.45, 7) is 0. The highest BCUT2D eigenvalue weighted by atomic mass is 79.9. The summed E-state index contributed by atoms with van der Waals surface area (Å²) in [5.41, 5.74) is 1.30. The van der Waals surface area contributed by atoms with E-state index in [1.165, 1.54) is 5.56 Å². The molecule has 1 saturated carbocycles. The Kier molecular flexibility index (Phi) is 1.90. The molecule has 0 radical (unpaired) electrons. The molecule has 1 aromatic rings. The van der Waals surface area contributed by atoms with Crippen LogP contribution in [-0.4, -0.2) is 0 Å². The summed E-state index contributed by atoms with van der Waals surface area (Å²) in [4.78, 5) is 0. The van der Waals surface area contributed by atoms with Crippen LogP contribution in [0.4, 0.5) is 0 Å². The number of halogens is 1. The Morgan fingerprint density at radius 3 is 2.50 bits per heavy atom. The van der Waals surface area contributed by atoms with Crippen molar-refractivity contribution in [2.75, 3.05) is 0 Å². The summed E-state index contributed by atoms with van der Waals surface area (Å²) >= 11 is 3.38. The van der Waals surface area contributed by atoms with Crippen LogP contribution in [0.25, 0.3) is 0 Å². The fourth-order valence-electron chi connectivity index (χ4n) is 1.42. The molecule has 0 heterocycles. The molecule has 60 valence electrons. The zero-order chi connectivity index (χ0) is 8.55. The van der Waals surface area contributed by atoms with Gasteiger partial charge in [0.25, 0.3) is 0 Å². The minimum atomic E-state index is 0.270. The van der Waals surface area contributed by atoms with Gasteiger partial charge in [0.05, 0.1) is 12.0 Å². The van der Waals surface area contributed by atoms with Gasteiger partial charge in [-0.2, -0.15) is 5.26 Å². The number of nitriles is 1. The van der Waals surface area contributed by atoms with E-state index in [0.29, 0.717) is 5.92 Å². The quantitative estimate of drug-likeness (QED) is 0.716. The van der Waals surface area contributed by atoms with Gasteiger partial charge in [-0.1, -0.05) is 28.1 Å². The van der Waals surface area contributed by atoms with Crippen LogP contribution >= 0.6 is 15.9 Å². The normalized spacial score (nSPS) is 26.3. The van der Waals surface area contributed by atoms with E-state index in [1.807, 2.05) is 12.1 Å². The summed E-state index contributed by atoms with van der Waals surface area (Å²) < 4.78 is 1.10. The maximum absolute atomic E-state index is 8.63. The average molecular weight is 222 g/mol. The molecule has 1 aliphatic rings. The maximum Gasteiger partial charge on any atom is 0.0662 e. The lowest BCUT2D eigenvalue weighted by molar-refractivity contribution is 1.02. The molecule has 2 rings (SSSR count). The molecule has 0 bridgehead atoms. The van der Waals surface area contributed by atoms with Gasteiger partial charge in [0, 0.05) is 10.4 Å². The van der Waals surface area contributed by atoms with Crippen molar-refractivity contribution in [3.05, 3.63) is 34.3 Å². The van der Waals surface area contributed by atoms with Gasteiger partial charge in [-0.15, -0.1) is 0 Å². The standard InChI is InChI=1S/C10H8BrN/c11-9-3-1-7(2-4-9)10-5-8(10)6-12/h1-4,8,10H,5H2/t8-,10+/m1/s1. The summed E-state index contributed by atoms with van der Waals surface area (Å²) in [7, 11) is 0. The lowest BCUT2D eigenvalue weighted by atomic mass is 10.1. The molecule has 1 nitrogen and oxygen atoms in total. The second-order valence-electron chi connectivity index (χ2n) is 3.13. The first-order valence-corrected chi connectivity index (χ1v) is 4.75. The number of nitrogens with zero attached hydrogens (tertiary/aromatic N) is 1. The van der Waals surface area contributed by atoms with Gasteiger partial charge in [-0.3, -0.25) is 0 Å². The van der Waals surface area contributed by atoms with Gasteiger partial charge < -0.3 is 0 Å². The van der Waals surface area contributed by atoms with Crippen LogP contribution in [0.5, 0.6) is 0 Å². The predicted molar refractivity (Wildman–Crippen MR) is 50.6 cm³/mol. The first-order valence-electron chi connectivity index (χ1n) is 3.96. The average Bonchev–Trinajstić information content (AvgIpc) is 2.85. The van der Waals surface area contributed by atoms with Crippen molar-refractivity contribution in [1.29, 1.82) is 5.26 Å². The van der Waals surface area contributed by atoms with Crippen molar-refractivity contribution < 1.29 is 0 Å². The molecule has 2 heteroatoms. The smallest absolute Gasteiger partial charge is 0.0662 e. The Balaban J connectivity index is 2.17. The molecule has 0 aromatic heterocycles. The second kappa shape index (κ2) is 2.91. The van der Waals surface area contributed by atoms with Gasteiger partial charge in [0.2, 0.25) is 0 Å². The van der Waals surface area contributed by atoms with Gasteiger partial charge in [0.15, 0.2) is 0 Å². The van der Waals surface area contributed by atoms with Gasteiger partial charge in [-0.25, -0.2) is 0 Å². The van der Waals surface area contributed by atoms with Crippen LogP contribution < -0.4 is 0 Å². The Labute approximate surface area is 80.1 Å². The number of hydrogen-bond acceptors (Lipinski definition) is 1. The SMILES string of the molecule is N#C[C@H]1C[C@H]1c1ccc(Br)cc1. The summed E-state index contributed by atoms with van der Waals surface area (Å²) in [5, 5.41) is 8.63. The highest BCUT2D eigenvalue weighted by Gasteiger charge is 2.38. The van der Waals surface area contributed by atoms with Crippen molar-refractivity contribution in [2.45, 2.75) is 12.3 Å². The summed E-state index contributed by atoms with van der Waals surface area (Å²) in [6, 6.07) is 10.5. The van der Waals surface area contributed by atoms with E-state index in [9.17, 15) is 0 Å². The monoisotopic (exact) mass is 221 g/mol. The highest BCUT2D eigenvalue weighted by Crippen LogP contribution is 2.46. The third-order valence-electron chi connectivity index (χ3n) is 2.25. The Morgan fingerprint density at radius 2 is 2.00 bits per heavy atom. The van der Waals surface area contributed by atoms with Crippen LogP contribution in [0.15, 0.2) is 28.7 Å². The van der Waals surface area contributed by atoms with E-state index in [0.717, 1.165) is 10.9 Å². The molecule has 0 saturated heterocycles. The minimum Gasteiger partial charge on any atom is -0.198 e. The highest BCUT2D eigenvalue weighted by molar-refractivity contribution is 9.10. The molecule has 12 heavy (non-hydrogen) atoms. The van der Waals surface area contributed by atoms with E-state index in [2.05, 4.69) is 34.1 Å². The number of benzene rings is 1. The second-order valence-corrected chi connectivity index (χ2v) is 4.05. The fraction of sp³-hybridized carbons (Fsp3) is 0.300. The Bertz CT molecular complexity index is 323. The maximum atomic E-state index is 8.63. The van der Waals surface area contributed by atoms with Crippen molar-refractivity contribution in [2.24, 2.45) is 5.92 Å². The van der Waals surface area contributed by atoms with Crippen LogP contribution in [0, 0.1) is 17.2 Å². The van der Waals surface area contributed by atoms with Crippen molar-refractivity contribution in [3.8, 4) is 6.07 Å². The summed E-state index contributed by atoms with van der Waals surface area (Å²) in [6.07, 6.45) is 1.04. The van der Waals surface area contributed by atoms with Crippen molar-refractivity contribution in [3.63, 3.8) is 0 Å². The molecule has 0 spiro atoms. The molecule has 1 aliphatic carbocycles. The number of hydrogen-bond donors (Lipinski definition) is 0. The van der Waals surface area contributed by atoms with Gasteiger partial charge in [-0.05, 0) is 24.1 Å². The van der Waals surface area contributed by atoms with E-state index in [1.54, 1.807) is 0 Å². The zero-order valence-electron chi connectivity index (χ0n) is 6.50. The van der Waals surface area contributed by atoms with Crippen molar-refractivity contribution >= 4 is 15.9 Å². The van der Waals surface area contributed by atoms with Gasteiger partial charge >= 0.3 is 0 Å². The van der Waals surface area contributed by atoms with Crippen LogP contribution in [0.2, 0.25) is 0 Å². The van der Waals surface area contributed by atoms with Crippen LogP contribution in [0.3, 0.4) is 0 Å². The molecule has 2 atom stereocenters. The molecule has 0 aliphatic heterocycles. The summed E-state index contributed by atoms with van der Waals surface area (Å²) in [5.74, 6) is 0.772. The largest absolute Gasteiger partial charge is 0.198 e. The van der Waals surface area contributed by atoms with E-state index >= 15 is 0 Å². The molecule has 0 N–H and O–H groups in total. The molecule has 0 amide bonds. The molecular weight excluding hydrogens is 214 g/mol. The molecule has 1 aromatic carbocycles. The van der Waals surface area contributed by atoms with E-state index in [4.69, 9.17) is 5.26 Å². The first kappa shape index (κ1) is 7.82. The third-order valence-corrected chi connectivity index (χ3v) is 2.78. The van der Waals surface area contributed by atoms with E-state index in [-0.39, 0.29) is 5.92 Å². The lowest BCUT2D eigenvalue weighted by Gasteiger charge is -1.96. The molecular formula is C10H8BrN.